The molecule has 6 heteroatoms. The molecular weight excluding hydrogens is 316 g/mol. The van der Waals surface area contributed by atoms with Gasteiger partial charge < -0.3 is 20.1 Å². The normalized spacial score (nSPS) is 10.0. The highest BCUT2D eigenvalue weighted by atomic mass is 35.5. The zero-order valence-electron chi connectivity index (χ0n) is 13.1. The molecule has 0 heterocycles. The van der Waals surface area contributed by atoms with E-state index in [2.05, 4.69) is 10.6 Å². The summed E-state index contributed by atoms with van der Waals surface area (Å²) in [7, 11) is 0. The van der Waals surface area contributed by atoms with Crippen LogP contribution >= 0.6 is 11.6 Å². The van der Waals surface area contributed by atoms with Crippen molar-refractivity contribution in [2.45, 2.75) is 13.8 Å². The van der Waals surface area contributed by atoms with Gasteiger partial charge in [-0.3, -0.25) is 0 Å². The maximum Gasteiger partial charge on any atom is 0.321 e. The SMILES string of the molecule is CCOc1ccccc1OCNC(=O)Nc1cccc(Cl)c1C. The third-order valence-corrected chi connectivity index (χ3v) is 3.53. The van der Waals surface area contributed by atoms with Crippen molar-refractivity contribution < 1.29 is 14.3 Å². The lowest BCUT2D eigenvalue weighted by Crippen LogP contribution is -2.32. The first kappa shape index (κ1) is 17.0. The van der Waals surface area contributed by atoms with Crippen molar-refractivity contribution in [3.8, 4) is 11.5 Å². The van der Waals surface area contributed by atoms with Crippen LogP contribution < -0.4 is 20.1 Å². The second-order valence-corrected chi connectivity index (χ2v) is 5.12. The van der Waals surface area contributed by atoms with Gasteiger partial charge >= 0.3 is 6.03 Å². The first-order valence-electron chi connectivity index (χ1n) is 7.26. The smallest absolute Gasteiger partial charge is 0.321 e. The Morgan fingerprint density at radius 2 is 1.78 bits per heavy atom. The fourth-order valence-electron chi connectivity index (χ4n) is 1.93. The predicted molar refractivity (Wildman–Crippen MR) is 91.4 cm³/mol. The van der Waals surface area contributed by atoms with Gasteiger partial charge in [-0.05, 0) is 43.7 Å². The zero-order valence-corrected chi connectivity index (χ0v) is 13.8. The third-order valence-electron chi connectivity index (χ3n) is 3.13. The number of hydrogen-bond donors (Lipinski definition) is 2. The van der Waals surface area contributed by atoms with Crippen molar-refractivity contribution in [1.82, 2.24) is 5.32 Å². The summed E-state index contributed by atoms with van der Waals surface area (Å²) in [6.07, 6.45) is 0. The quantitative estimate of drug-likeness (QED) is 0.778. The fourth-order valence-corrected chi connectivity index (χ4v) is 2.11. The van der Waals surface area contributed by atoms with E-state index < -0.39 is 0 Å². The van der Waals surface area contributed by atoms with E-state index in [1.807, 2.05) is 32.0 Å². The maximum atomic E-state index is 11.9. The van der Waals surface area contributed by atoms with Gasteiger partial charge in [0.2, 0.25) is 0 Å². The maximum absolute atomic E-state index is 11.9. The predicted octanol–water partition coefficient (Wildman–Crippen LogP) is 4.21. The van der Waals surface area contributed by atoms with Crippen LogP contribution in [-0.2, 0) is 0 Å². The molecule has 0 fully saturated rings. The van der Waals surface area contributed by atoms with Crippen molar-refractivity contribution in [2.75, 3.05) is 18.7 Å². The lowest BCUT2D eigenvalue weighted by atomic mass is 10.2. The number of anilines is 1. The van der Waals surface area contributed by atoms with Crippen molar-refractivity contribution in [2.24, 2.45) is 0 Å². The van der Waals surface area contributed by atoms with E-state index in [0.29, 0.717) is 28.8 Å². The number of benzene rings is 2. The number of amides is 2. The highest BCUT2D eigenvalue weighted by Gasteiger charge is 2.07. The van der Waals surface area contributed by atoms with E-state index in [4.69, 9.17) is 21.1 Å². The largest absolute Gasteiger partial charge is 0.490 e. The van der Waals surface area contributed by atoms with E-state index in [1.165, 1.54) is 0 Å². The van der Waals surface area contributed by atoms with E-state index in [1.54, 1.807) is 24.3 Å². The molecule has 0 saturated carbocycles. The van der Waals surface area contributed by atoms with Crippen LogP contribution in [0.1, 0.15) is 12.5 Å². The topological polar surface area (TPSA) is 59.6 Å². The molecule has 5 nitrogen and oxygen atoms in total. The Hall–Kier alpha value is -2.40. The summed E-state index contributed by atoms with van der Waals surface area (Å²) in [6, 6.07) is 12.3. The number of hydrogen-bond acceptors (Lipinski definition) is 3. The highest BCUT2D eigenvalue weighted by molar-refractivity contribution is 6.31. The van der Waals surface area contributed by atoms with Crippen LogP contribution in [0.15, 0.2) is 42.5 Å². The standard InChI is InChI=1S/C17H19ClN2O3/c1-3-22-15-9-4-5-10-16(15)23-11-19-17(21)20-14-8-6-7-13(18)12(14)2/h4-10H,3,11H2,1-2H3,(H2,19,20,21). The first-order chi connectivity index (χ1) is 11.1. The molecule has 0 saturated heterocycles. The molecule has 0 aliphatic rings. The zero-order chi connectivity index (χ0) is 16.7. The highest BCUT2D eigenvalue weighted by Crippen LogP contribution is 2.26. The molecule has 2 aromatic rings. The summed E-state index contributed by atoms with van der Waals surface area (Å²) in [5, 5.41) is 5.96. The molecule has 0 atom stereocenters. The van der Waals surface area contributed by atoms with Crippen LogP contribution in [0.3, 0.4) is 0 Å². The van der Waals surface area contributed by atoms with Crippen LogP contribution in [-0.4, -0.2) is 19.4 Å². The molecule has 2 aromatic carbocycles. The number of carbonyl (C=O) groups is 1. The Balaban J connectivity index is 1.87. The average Bonchev–Trinajstić information content (AvgIpc) is 2.54. The molecule has 0 aliphatic heterocycles. The van der Waals surface area contributed by atoms with E-state index in [9.17, 15) is 4.79 Å². The molecule has 0 bridgehead atoms. The van der Waals surface area contributed by atoms with Crippen molar-refractivity contribution in [1.29, 1.82) is 0 Å². The molecule has 122 valence electrons. The first-order valence-corrected chi connectivity index (χ1v) is 7.64. The molecule has 0 aromatic heterocycles. The second kappa shape index (κ2) is 8.29. The van der Waals surface area contributed by atoms with Crippen molar-refractivity contribution >= 4 is 23.3 Å². The fraction of sp³-hybridized carbons (Fsp3) is 0.235. The number of halogens is 1. The minimum atomic E-state index is -0.371. The van der Waals surface area contributed by atoms with Gasteiger partial charge in [-0.15, -0.1) is 0 Å². The molecule has 0 unspecified atom stereocenters. The molecule has 2 amide bonds. The van der Waals surface area contributed by atoms with Crippen LogP contribution in [0.2, 0.25) is 5.02 Å². The molecule has 0 aliphatic carbocycles. The van der Waals surface area contributed by atoms with Gasteiger partial charge in [-0.1, -0.05) is 29.8 Å². The Morgan fingerprint density at radius 1 is 1.09 bits per heavy atom. The minimum Gasteiger partial charge on any atom is -0.490 e. The third kappa shape index (κ3) is 4.79. The number of rotatable bonds is 6. The summed E-state index contributed by atoms with van der Waals surface area (Å²) >= 11 is 6.02. The van der Waals surface area contributed by atoms with Gasteiger partial charge in [-0.2, -0.15) is 0 Å². The summed E-state index contributed by atoms with van der Waals surface area (Å²) in [5.41, 5.74) is 1.47. The summed E-state index contributed by atoms with van der Waals surface area (Å²) < 4.78 is 11.0. The van der Waals surface area contributed by atoms with Gasteiger partial charge in [0.1, 0.15) is 0 Å². The van der Waals surface area contributed by atoms with Crippen LogP contribution in [0.5, 0.6) is 11.5 Å². The number of urea groups is 1. The van der Waals surface area contributed by atoms with Gasteiger partial charge in [0.15, 0.2) is 18.2 Å². The van der Waals surface area contributed by atoms with Crippen molar-refractivity contribution in [3.05, 3.63) is 53.1 Å². The monoisotopic (exact) mass is 334 g/mol. The van der Waals surface area contributed by atoms with E-state index in [0.717, 1.165) is 5.56 Å². The Labute approximate surface area is 140 Å². The Bertz CT molecular complexity index is 677. The molecular formula is C17H19ClN2O3. The number of nitrogens with one attached hydrogen (secondary N) is 2. The van der Waals surface area contributed by atoms with Crippen LogP contribution in [0, 0.1) is 6.92 Å². The number of ether oxygens (including phenoxy) is 2. The molecule has 2 N–H and O–H groups in total. The summed E-state index contributed by atoms with van der Waals surface area (Å²) in [6.45, 7) is 4.31. The molecule has 2 rings (SSSR count). The average molecular weight is 335 g/mol. The van der Waals surface area contributed by atoms with Gasteiger partial charge in [0.25, 0.3) is 0 Å². The Kier molecular flexibility index (Phi) is 6.11. The minimum absolute atomic E-state index is 0.0233. The number of para-hydroxylation sites is 2. The van der Waals surface area contributed by atoms with Crippen LogP contribution in [0.25, 0.3) is 0 Å². The summed E-state index contributed by atoms with van der Waals surface area (Å²) in [4.78, 5) is 11.9. The Morgan fingerprint density at radius 3 is 2.48 bits per heavy atom. The van der Waals surface area contributed by atoms with E-state index in [-0.39, 0.29) is 12.8 Å². The molecule has 0 spiro atoms. The van der Waals surface area contributed by atoms with Gasteiger partial charge in [0, 0.05) is 10.7 Å². The van der Waals surface area contributed by atoms with Gasteiger partial charge in [0.05, 0.1) is 6.61 Å². The molecule has 23 heavy (non-hydrogen) atoms. The lowest BCUT2D eigenvalue weighted by molar-refractivity contribution is 0.229. The van der Waals surface area contributed by atoms with Gasteiger partial charge in [-0.25, -0.2) is 4.79 Å². The number of carbonyl (C=O) groups excluding carboxylic acids is 1. The van der Waals surface area contributed by atoms with Crippen molar-refractivity contribution in [3.63, 3.8) is 0 Å². The lowest BCUT2D eigenvalue weighted by Gasteiger charge is -2.13. The summed E-state index contributed by atoms with van der Waals surface area (Å²) in [5.74, 6) is 1.22. The second-order valence-electron chi connectivity index (χ2n) is 4.71. The molecule has 0 radical (unpaired) electrons. The van der Waals surface area contributed by atoms with Crippen LogP contribution in [0.4, 0.5) is 10.5 Å². The van der Waals surface area contributed by atoms with E-state index >= 15 is 0 Å².